The maximum absolute atomic E-state index is 12.2. The van der Waals surface area contributed by atoms with Gasteiger partial charge in [0, 0.05) is 23.2 Å². The Hall–Kier alpha value is -1.84. The lowest BCUT2D eigenvalue weighted by molar-refractivity contribution is -0.116. The van der Waals surface area contributed by atoms with E-state index in [2.05, 4.69) is 28.8 Å². The Balaban J connectivity index is 1.67. The molecule has 0 saturated carbocycles. The molecular weight excluding hydrogens is 284 g/mol. The Labute approximate surface area is 129 Å². The van der Waals surface area contributed by atoms with Crippen LogP contribution in [0.3, 0.4) is 0 Å². The van der Waals surface area contributed by atoms with Crippen molar-refractivity contribution in [2.75, 3.05) is 11.9 Å². The number of carbonyl (C=O) groups excluding carboxylic acids is 1. The van der Waals surface area contributed by atoms with Gasteiger partial charge in [-0.05, 0) is 48.4 Å². The summed E-state index contributed by atoms with van der Waals surface area (Å²) in [6.45, 7) is 0.913. The van der Waals surface area contributed by atoms with E-state index in [1.807, 2.05) is 18.2 Å². The highest BCUT2D eigenvalue weighted by molar-refractivity contribution is 6.30. The molecule has 0 radical (unpaired) electrons. The third kappa shape index (κ3) is 3.43. The minimum Gasteiger partial charge on any atom is -0.326 e. The van der Waals surface area contributed by atoms with E-state index in [1.165, 1.54) is 11.1 Å². The van der Waals surface area contributed by atoms with Crippen molar-refractivity contribution in [2.24, 2.45) is 0 Å². The van der Waals surface area contributed by atoms with E-state index >= 15 is 0 Å². The Morgan fingerprint density at radius 1 is 1.19 bits per heavy atom. The van der Waals surface area contributed by atoms with E-state index in [-0.39, 0.29) is 11.9 Å². The van der Waals surface area contributed by atoms with Crippen molar-refractivity contribution in [3.05, 3.63) is 64.7 Å². The first-order chi connectivity index (χ1) is 10.2. The van der Waals surface area contributed by atoms with Gasteiger partial charge in [0.05, 0.1) is 0 Å². The number of anilines is 1. The number of hydrogen-bond acceptors (Lipinski definition) is 2. The highest BCUT2D eigenvalue weighted by Gasteiger charge is 2.21. The summed E-state index contributed by atoms with van der Waals surface area (Å²) in [6.07, 6.45) is 1.45. The molecule has 21 heavy (non-hydrogen) atoms. The molecule has 0 aliphatic carbocycles. The zero-order valence-electron chi connectivity index (χ0n) is 11.6. The van der Waals surface area contributed by atoms with Crippen molar-refractivity contribution in [1.29, 1.82) is 0 Å². The van der Waals surface area contributed by atoms with Crippen molar-refractivity contribution in [2.45, 2.75) is 18.9 Å². The molecule has 1 atom stereocenters. The topological polar surface area (TPSA) is 41.1 Å². The van der Waals surface area contributed by atoms with E-state index in [1.54, 1.807) is 12.1 Å². The smallest absolute Gasteiger partial charge is 0.226 e. The minimum atomic E-state index is 0.00604. The normalized spacial score (nSPS) is 17.1. The van der Waals surface area contributed by atoms with Crippen molar-refractivity contribution >= 4 is 23.2 Å². The number of hydrogen-bond donors (Lipinski definition) is 2. The number of rotatable bonds is 3. The molecule has 4 heteroatoms. The van der Waals surface area contributed by atoms with Crippen LogP contribution in [0.1, 0.15) is 23.6 Å². The molecule has 0 bridgehead atoms. The summed E-state index contributed by atoms with van der Waals surface area (Å²) in [4.78, 5) is 12.2. The molecule has 108 valence electrons. The summed E-state index contributed by atoms with van der Waals surface area (Å²) < 4.78 is 0. The molecule has 0 fully saturated rings. The van der Waals surface area contributed by atoms with Crippen LogP contribution in [0, 0.1) is 0 Å². The fraction of sp³-hybridized carbons (Fsp3) is 0.235. The summed E-state index contributed by atoms with van der Waals surface area (Å²) in [5, 5.41) is 6.99. The predicted octanol–water partition coefficient (Wildman–Crippen LogP) is 3.56. The van der Waals surface area contributed by atoms with Gasteiger partial charge in [-0.3, -0.25) is 4.79 Å². The third-order valence-electron chi connectivity index (χ3n) is 3.73. The summed E-state index contributed by atoms with van der Waals surface area (Å²) >= 11 is 5.84. The Morgan fingerprint density at radius 3 is 2.76 bits per heavy atom. The summed E-state index contributed by atoms with van der Waals surface area (Å²) in [6, 6.07) is 15.6. The largest absolute Gasteiger partial charge is 0.326 e. The minimum absolute atomic E-state index is 0.00604. The molecule has 0 unspecified atom stereocenters. The van der Waals surface area contributed by atoms with Crippen LogP contribution >= 0.6 is 11.6 Å². The van der Waals surface area contributed by atoms with Crippen molar-refractivity contribution < 1.29 is 4.79 Å². The van der Waals surface area contributed by atoms with Crippen LogP contribution in [0.25, 0.3) is 0 Å². The molecule has 2 N–H and O–H groups in total. The van der Waals surface area contributed by atoms with Gasteiger partial charge in [0.2, 0.25) is 5.91 Å². The first-order valence-corrected chi connectivity index (χ1v) is 7.47. The number of fused-ring (bicyclic) bond motifs is 1. The lowest BCUT2D eigenvalue weighted by Gasteiger charge is -2.26. The maximum atomic E-state index is 12.2. The zero-order valence-corrected chi connectivity index (χ0v) is 12.4. The summed E-state index contributed by atoms with van der Waals surface area (Å²) in [7, 11) is 0. The number of carbonyl (C=O) groups is 1. The van der Waals surface area contributed by atoms with Crippen LogP contribution in [0.5, 0.6) is 0 Å². The van der Waals surface area contributed by atoms with Gasteiger partial charge in [-0.1, -0.05) is 35.9 Å². The average Bonchev–Trinajstić information content (AvgIpc) is 2.50. The van der Waals surface area contributed by atoms with Gasteiger partial charge in [-0.2, -0.15) is 0 Å². The van der Waals surface area contributed by atoms with Crippen LogP contribution in [0.2, 0.25) is 5.02 Å². The van der Waals surface area contributed by atoms with Gasteiger partial charge in [-0.25, -0.2) is 0 Å². The average molecular weight is 301 g/mol. The molecule has 3 rings (SSSR count). The lowest BCUT2D eigenvalue weighted by atomic mass is 9.92. The molecule has 0 saturated heterocycles. The van der Waals surface area contributed by atoms with Gasteiger partial charge in [0.15, 0.2) is 0 Å². The van der Waals surface area contributed by atoms with Crippen LogP contribution in [0.15, 0.2) is 48.5 Å². The van der Waals surface area contributed by atoms with E-state index in [0.29, 0.717) is 11.4 Å². The molecule has 1 amide bonds. The number of nitrogens with one attached hydrogen (secondary N) is 2. The van der Waals surface area contributed by atoms with Gasteiger partial charge in [0.25, 0.3) is 0 Å². The van der Waals surface area contributed by atoms with Crippen LogP contribution in [-0.2, 0) is 11.2 Å². The summed E-state index contributed by atoms with van der Waals surface area (Å²) in [5.41, 5.74) is 3.34. The molecule has 3 nitrogen and oxygen atoms in total. The van der Waals surface area contributed by atoms with Gasteiger partial charge in [-0.15, -0.1) is 0 Å². The second-order valence-electron chi connectivity index (χ2n) is 5.21. The monoisotopic (exact) mass is 300 g/mol. The molecule has 1 aliphatic rings. The Kier molecular flexibility index (Phi) is 4.23. The van der Waals surface area contributed by atoms with Gasteiger partial charge < -0.3 is 10.6 Å². The molecule has 1 aliphatic heterocycles. The van der Waals surface area contributed by atoms with Gasteiger partial charge >= 0.3 is 0 Å². The molecular formula is C17H17ClN2O. The van der Waals surface area contributed by atoms with Crippen molar-refractivity contribution in [3.8, 4) is 0 Å². The van der Waals surface area contributed by atoms with Crippen LogP contribution < -0.4 is 10.6 Å². The van der Waals surface area contributed by atoms with E-state index in [9.17, 15) is 4.79 Å². The van der Waals surface area contributed by atoms with E-state index in [4.69, 9.17) is 11.6 Å². The predicted molar refractivity (Wildman–Crippen MR) is 85.6 cm³/mol. The molecule has 2 aromatic carbocycles. The highest BCUT2D eigenvalue weighted by Crippen LogP contribution is 2.25. The maximum Gasteiger partial charge on any atom is 0.226 e. The van der Waals surface area contributed by atoms with E-state index < -0.39 is 0 Å². The Bertz CT molecular complexity index is 639. The second kappa shape index (κ2) is 6.29. The molecule has 0 spiro atoms. The SMILES string of the molecule is O=C(C[C@H]1NCCc2ccccc21)Nc1ccc(Cl)cc1. The van der Waals surface area contributed by atoms with Crippen molar-refractivity contribution in [3.63, 3.8) is 0 Å². The fourth-order valence-corrected chi connectivity index (χ4v) is 2.83. The zero-order chi connectivity index (χ0) is 14.7. The van der Waals surface area contributed by atoms with Crippen molar-refractivity contribution in [1.82, 2.24) is 5.32 Å². The number of amides is 1. The quantitative estimate of drug-likeness (QED) is 0.910. The second-order valence-corrected chi connectivity index (χ2v) is 5.65. The Morgan fingerprint density at radius 2 is 1.95 bits per heavy atom. The first kappa shape index (κ1) is 14.1. The number of halogens is 1. The fourth-order valence-electron chi connectivity index (χ4n) is 2.71. The molecule has 0 aromatic heterocycles. The molecule has 2 aromatic rings. The highest BCUT2D eigenvalue weighted by atomic mass is 35.5. The van der Waals surface area contributed by atoms with E-state index in [0.717, 1.165) is 18.7 Å². The first-order valence-electron chi connectivity index (χ1n) is 7.09. The van der Waals surface area contributed by atoms with Crippen LogP contribution in [0.4, 0.5) is 5.69 Å². The lowest BCUT2D eigenvalue weighted by Crippen LogP contribution is -2.32. The third-order valence-corrected chi connectivity index (χ3v) is 3.99. The van der Waals surface area contributed by atoms with Crippen LogP contribution in [-0.4, -0.2) is 12.5 Å². The standard InChI is InChI=1S/C17H17ClN2O/c18-13-5-7-14(8-6-13)20-17(21)11-16-15-4-2-1-3-12(15)9-10-19-16/h1-8,16,19H,9-11H2,(H,20,21)/t16-/m1/s1. The summed E-state index contributed by atoms with van der Waals surface area (Å²) in [5.74, 6) is 0.00604. The van der Waals surface area contributed by atoms with Gasteiger partial charge in [0.1, 0.15) is 0 Å². The number of benzene rings is 2. The molecule has 1 heterocycles.